The molecule has 0 aliphatic carbocycles. The van der Waals surface area contributed by atoms with Crippen molar-refractivity contribution < 1.29 is 18.5 Å². The van der Waals surface area contributed by atoms with Crippen LogP contribution in [-0.4, -0.2) is 16.1 Å². The molecule has 8 heteroatoms. The number of fused-ring (bicyclic) bond motifs is 3. The zero-order valence-corrected chi connectivity index (χ0v) is 18.4. The smallest absolute Gasteiger partial charge is 0.339 e. The highest BCUT2D eigenvalue weighted by atomic mass is 32.2. The van der Waals surface area contributed by atoms with Crippen molar-refractivity contribution in [3.63, 3.8) is 0 Å². The van der Waals surface area contributed by atoms with Crippen molar-refractivity contribution in [1.82, 2.24) is 10.1 Å². The third kappa shape index (κ3) is 4.38. The predicted octanol–water partition coefficient (Wildman–Crippen LogP) is 5.29. The molecule has 0 aliphatic rings. The van der Waals surface area contributed by atoms with Crippen molar-refractivity contribution in [2.24, 2.45) is 0 Å². The van der Waals surface area contributed by atoms with Gasteiger partial charge in [0.25, 0.3) is 0 Å². The molecule has 0 N–H and O–H groups in total. The average molecular weight is 458 g/mol. The van der Waals surface area contributed by atoms with E-state index in [1.54, 1.807) is 25.1 Å². The van der Waals surface area contributed by atoms with Crippen LogP contribution < -0.4 is 5.63 Å². The van der Waals surface area contributed by atoms with Crippen LogP contribution in [0.3, 0.4) is 0 Å². The summed E-state index contributed by atoms with van der Waals surface area (Å²) in [7, 11) is 0. The number of carbonyl (C=O) groups is 1. The van der Waals surface area contributed by atoms with Crippen LogP contribution in [-0.2, 0) is 17.1 Å². The highest BCUT2D eigenvalue weighted by molar-refractivity contribution is 7.98. The minimum absolute atomic E-state index is 0.0587. The van der Waals surface area contributed by atoms with Gasteiger partial charge in [-0.1, -0.05) is 47.6 Å². The van der Waals surface area contributed by atoms with Crippen LogP contribution in [0, 0.1) is 6.92 Å². The number of rotatable bonds is 6. The van der Waals surface area contributed by atoms with Gasteiger partial charge in [0.1, 0.15) is 12.2 Å². The molecule has 2 aromatic heterocycles. The van der Waals surface area contributed by atoms with Gasteiger partial charge in [-0.15, -0.1) is 11.8 Å². The van der Waals surface area contributed by atoms with E-state index in [-0.39, 0.29) is 6.61 Å². The fourth-order valence-corrected chi connectivity index (χ4v) is 4.53. The highest BCUT2D eigenvalue weighted by Gasteiger charge is 2.16. The molecule has 164 valence electrons. The Morgan fingerprint density at radius 1 is 1.06 bits per heavy atom. The van der Waals surface area contributed by atoms with Crippen LogP contribution in [0.2, 0.25) is 0 Å². The fourth-order valence-electron chi connectivity index (χ4n) is 3.65. The van der Waals surface area contributed by atoms with Gasteiger partial charge in [0.15, 0.2) is 5.82 Å². The van der Waals surface area contributed by atoms with Crippen molar-refractivity contribution >= 4 is 39.5 Å². The molecular weight excluding hydrogens is 440 g/mol. The van der Waals surface area contributed by atoms with E-state index in [1.165, 1.54) is 17.8 Å². The normalized spacial score (nSPS) is 11.2. The van der Waals surface area contributed by atoms with Crippen molar-refractivity contribution in [3.8, 4) is 0 Å². The minimum atomic E-state index is -0.491. The van der Waals surface area contributed by atoms with Gasteiger partial charge in [-0.05, 0) is 35.9 Å². The lowest BCUT2D eigenvalue weighted by Crippen LogP contribution is -2.09. The summed E-state index contributed by atoms with van der Waals surface area (Å²) < 4.78 is 16.2. The quantitative estimate of drug-likeness (QED) is 0.147. The standard InChI is InChI=1S/C25H18N2O5S/c1-15-26-22(32-27-15)14-33-21-9-5-4-8-19(21)25(29)30-13-17-12-23(28)31-20-11-10-16-6-2-3-7-18(16)24(17)20/h2-12H,13-14H2,1H3. The number of carbonyl (C=O) groups excluding carboxylic acids is 1. The van der Waals surface area contributed by atoms with Gasteiger partial charge >= 0.3 is 11.6 Å². The Morgan fingerprint density at radius 2 is 1.88 bits per heavy atom. The van der Waals surface area contributed by atoms with E-state index >= 15 is 0 Å². The Morgan fingerprint density at radius 3 is 2.73 bits per heavy atom. The second-order valence-corrected chi connectivity index (χ2v) is 8.36. The molecule has 0 saturated heterocycles. The zero-order chi connectivity index (χ0) is 22.8. The first-order chi connectivity index (χ1) is 16.1. The first kappa shape index (κ1) is 21.0. The largest absolute Gasteiger partial charge is 0.457 e. The number of ether oxygens (including phenoxy) is 1. The molecule has 0 saturated carbocycles. The Hall–Kier alpha value is -3.91. The number of benzene rings is 3. The summed E-state index contributed by atoms with van der Waals surface area (Å²) in [4.78, 5) is 30.0. The lowest BCUT2D eigenvalue weighted by molar-refractivity contribution is 0.0469. The van der Waals surface area contributed by atoms with Gasteiger partial charge in [-0.2, -0.15) is 4.98 Å². The molecule has 0 aliphatic heterocycles. The molecule has 5 rings (SSSR count). The highest BCUT2D eigenvalue weighted by Crippen LogP contribution is 2.29. The second-order valence-electron chi connectivity index (χ2n) is 7.35. The number of aryl methyl sites for hydroxylation is 1. The van der Waals surface area contributed by atoms with Crippen LogP contribution in [0.4, 0.5) is 0 Å². The lowest BCUT2D eigenvalue weighted by atomic mass is 10.0. The summed E-state index contributed by atoms with van der Waals surface area (Å²) in [5.74, 6) is 0.989. The number of hydrogen-bond donors (Lipinski definition) is 0. The molecule has 0 bridgehead atoms. The Balaban J connectivity index is 1.41. The molecule has 3 aromatic carbocycles. The van der Waals surface area contributed by atoms with Gasteiger partial charge in [0.2, 0.25) is 5.89 Å². The van der Waals surface area contributed by atoms with E-state index in [0.717, 1.165) is 21.1 Å². The lowest BCUT2D eigenvalue weighted by Gasteiger charge is -2.11. The van der Waals surface area contributed by atoms with E-state index in [2.05, 4.69) is 10.1 Å². The van der Waals surface area contributed by atoms with Crippen molar-refractivity contribution in [2.75, 3.05) is 0 Å². The molecule has 0 spiro atoms. The number of nitrogens with zero attached hydrogens (tertiary/aromatic N) is 2. The van der Waals surface area contributed by atoms with Crippen LogP contribution in [0.5, 0.6) is 0 Å². The molecule has 0 fully saturated rings. The van der Waals surface area contributed by atoms with E-state index in [9.17, 15) is 9.59 Å². The molecule has 0 unspecified atom stereocenters. The molecular formula is C25H18N2O5S. The molecule has 0 atom stereocenters. The van der Waals surface area contributed by atoms with E-state index in [4.69, 9.17) is 13.7 Å². The SMILES string of the molecule is Cc1noc(CSc2ccccc2C(=O)OCc2cc(=O)oc3ccc4ccccc4c23)n1. The maximum atomic E-state index is 13.0. The molecule has 7 nitrogen and oxygen atoms in total. The molecule has 0 amide bonds. The number of aromatic nitrogens is 2. The monoisotopic (exact) mass is 458 g/mol. The van der Waals surface area contributed by atoms with Crippen LogP contribution >= 0.6 is 11.8 Å². The molecule has 5 aromatic rings. The molecule has 2 heterocycles. The molecule has 33 heavy (non-hydrogen) atoms. The zero-order valence-electron chi connectivity index (χ0n) is 17.6. The van der Waals surface area contributed by atoms with Crippen LogP contribution in [0.1, 0.15) is 27.6 Å². The summed E-state index contributed by atoms with van der Waals surface area (Å²) >= 11 is 1.41. The topological polar surface area (TPSA) is 95.4 Å². The van der Waals surface area contributed by atoms with Crippen molar-refractivity contribution in [1.29, 1.82) is 0 Å². The van der Waals surface area contributed by atoms with Crippen molar-refractivity contribution in [2.45, 2.75) is 24.2 Å². The Bertz CT molecular complexity index is 1540. The average Bonchev–Trinajstić information content (AvgIpc) is 3.25. The summed E-state index contributed by atoms with van der Waals surface area (Å²) in [5, 5.41) is 6.47. The first-order valence-corrected chi connectivity index (χ1v) is 11.2. The Labute approximate surface area is 192 Å². The number of esters is 1. The van der Waals surface area contributed by atoms with Gasteiger partial charge in [-0.25, -0.2) is 9.59 Å². The van der Waals surface area contributed by atoms with E-state index in [1.807, 2.05) is 42.5 Å². The van der Waals surface area contributed by atoms with Gasteiger partial charge in [0, 0.05) is 21.9 Å². The summed E-state index contributed by atoms with van der Waals surface area (Å²) in [6.07, 6.45) is 0. The van der Waals surface area contributed by atoms with Gasteiger partial charge in [0.05, 0.1) is 11.3 Å². The van der Waals surface area contributed by atoms with E-state index < -0.39 is 11.6 Å². The number of thioether (sulfide) groups is 1. The van der Waals surface area contributed by atoms with Gasteiger partial charge in [-0.3, -0.25) is 0 Å². The third-order valence-electron chi connectivity index (χ3n) is 5.10. The van der Waals surface area contributed by atoms with Crippen molar-refractivity contribution in [3.05, 3.63) is 100.0 Å². The summed E-state index contributed by atoms with van der Waals surface area (Å²) in [6, 6.07) is 20.0. The van der Waals surface area contributed by atoms with Crippen LogP contribution in [0.15, 0.2) is 85.4 Å². The van der Waals surface area contributed by atoms with Crippen LogP contribution in [0.25, 0.3) is 21.7 Å². The number of hydrogen-bond acceptors (Lipinski definition) is 8. The summed E-state index contributed by atoms with van der Waals surface area (Å²) in [6.45, 7) is 1.69. The fraction of sp³-hybridized carbons (Fsp3) is 0.120. The Kier molecular flexibility index (Phi) is 5.66. The van der Waals surface area contributed by atoms with E-state index in [0.29, 0.717) is 34.2 Å². The maximum absolute atomic E-state index is 13.0. The minimum Gasteiger partial charge on any atom is -0.457 e. The maximum Gasteiger partial charge on any atom is 0.339 e. The molecule has 0 radical (unpaired) electrons. The second kappa shape index (κ2) is 8.91. The third-order valence-corrected chi connectivity index (χ3v) is 6.16. The van der Waals surface area contributed by atoms with Gasteiger partial charge < -0.3 is 13.7 Å². The predicted molar refractivity (Wildman–Crippen MR) is 124 cm³/mol. The first-order valence-electron chi connectivity index (χ1n) is 10.2. The summed E-state index contributed by atoms with van der Waals surface area (Å²) in [5.41, 5.74) is 0.987.